The molecule has 3 atom stereocenters. The monoisotopic (exact) mass is 322 g/mol. The number of nitrogens with zero attached hydrogens (tertiary/aromatic N) is 1. The summed E-state index contributed by atoms with van der Waals surface area (Å²) >= 11 is 3.66. The number of halogens is 1. The van der Waals surface area contributed by atoms with E-state index in [-0.39, 0.29) is 0 Å². The molecule has 19 heavy (non-hydrogen) atoms. The Kier molecular flexibility index (Phi) is 4.25. The molecule has 0 bridgehead atoms. The van der Waals surface area contributed by atoms with Crippen molar-refractivity contribution in [2.75, 3.05) is 13.1 Å². The zero-order valence-electron chi connectivity index (χ0n) is 11.6. The molecule has 2 heterocycles. The molecule has 0 radical (unpaired) electrons. The highest BCUT2D eigenvalue weighted by atomic mass is 79.9. The van der Waals surface area contributed by atoms with Crippen molar-refractivity contribution in [2.45, 2.75) is 50.7 Å². The largest absolute Gasteiger partial charge is 0.306 e. The molecule has 2 aliphatic rings. The van der Waals surface area contributed by atoms with Gasteiger partial charge in [-0.1, -0.05) is 40.5 Å². The van der Waals surface area contributed by atoms with E-state index in [0.717, 1.165) is 6.04 Å². The van der Waals surface area contributed by atoms with Crippen molar-refractivity contribution in [1.82, 2.24) is 10.2 Å². The Bertz CT molecular complexity index is 435. The van der Waals surface area contributed by atoms with Crippen LogP contribution in [0.2, 0.25) is 0 Å². The maximum absolute atomic E-state index is 3.86. The Morgan fingerprint density at radius 2 is 2.05 bits per heavy atom. The van der Waals surface area contributed by atoms with Crippen LogP contribution in [0.3, 0.4) is 0 Å². The summed E-state index contributed by atoms with van der Waals surface area (Å²) in [6, 6.07) is 10.4. The van der Waals surface area contributed by atoms with Crippen LogP contribution in [0.15, 0.2) is 28.7 Å². The van der Waals surface area contributed by atoms with Crippen molar-refractivity contribution in [2.24, 2.45) is 0 Å². The summed E-state index contributed by atoms with van der Waals surface area (Å²) in [5, 5.41) is 3.86. The highest BCUT2D eigenvalue weighted by Crippen LogP contribution is 2.30. The van der Waals surface area contributed by atoms with Crippen LogP contribution in [-0.2, 0) is 0 Å². The van der Waals surface area contributed by atoms with Crippen LogP contribution in [0.5, 0.6) is 0 Å². The van der Waals surface area contributed by atoms with Crippen molar-refractivity contribution in [1.29, 1.82) is 0 Å². The lowest BCUT2D eigenvalue weighted by Gasteiger charge is -2.34. The van der Waals surface area contributed by atoms with Crippen LogP contribution in [0.25, 0.3) is 0 Å². The van der Waals surface area contributed by atoms with E-state index in [4.69, 9.17) is 0 Å². The molecule has 3 rings (SSSR count). The van der Waals surface area contributed by atoms with Crippen LogP contribution in [0, 0.1) is 0 Å². The van der Waals surface area contributed by atoms with Crippen LogP contribution in [0.1, 0.15) is 44.2 Å². The number of fused-ring (bicyclic) bond motifs is 1. The lowest BCUT2D eigenvalue weighted by atomic mass is 9.97. The number of nitrogens with one attached hydrogen (secondary N) is 1. The fourth-order valence-corrected chi connectivity index (χ4v) is 4.31. The Hall–Kier alpha value is -0.380. The first-order chi connectivity index (χ1) is 9.25. The first kappa shape index (κ1) is 13.6. The third-order valence-electron chi connectivity index (χ3n) is 4.69. The SMILES string of the molecule is C[C@@H](NC1CCN2CCCCC12)c1ccccc1Br. The summed E-state index contributed by atoms with van der Waals surface area (Å²) in [4.78, 5) is 2.69. The van der Waals surface area contributed by atoms with Gasteiger partial charge in [-0.15, -0.1) is 0 Å². The van der Waals surface area contributed by atoms with E-state index in [1.165, 1.54) is 48.8 Å². The molecule has 2 nitrogen and oxygen atoms in total. The van der Waals surface area contributed by atoms with Gasteiger partial charge in [-0.25, -0.2) is 0 Å². The molecule has 2 fully saturated rings. The summed E-state index contributed by atoms with van der Waals surface area (Å²) < 4.78 is 1.22. The molecule has 2 aliphatic heterocycles. The van der Waals surface area contributed by atoms with E-state index >= 15 is 0 Å². The van der Waals surface area contributed by atoms with Gasteiger partial charge in [-0.2, -0.15) is 0 Å². The number of hydrogen-bond donors (Lipinski definition) is 1. The summed E-state index contributed by atoms with van der Waals surface area (Å²) in [6.45, 7) is 4.88. The van der Waals surface area contributed by atoms with Gasteiger partial charge < -0.3 is 5.32 Å². The van der Waals surface area contributed by atoms with Gasteiger partial charge in [0.1, 0.15) is 0 Å². The lowest BCUT2D eigenvalue weighted by molar-refractivity contribution is 0.177. The Morgan fingerprint density at radius 1 is 1.21 bits per heavy atom. The summed E-state index contributed by atoms with van der Waals surface area (Å²) in [5.74, 6) is 0. The van der Waals surface area contributed by atoms with Gasteiger partial charge in [0.2, 0.25) is 0 Å². The zero-order chi connectivity index (χ0) is 13.2. The first-order valence-corrected chi connectivity index (χ1v) is 8.29. The van der Waals surface area contributed by atoms with Crippen molar-refractivity contribution < 1.29 is 0 Å². The number of rotatable bonds is 3. The van der Waals surface area contributed by atoms with Crippen LogP contribution >= 0.6 is 15.9 Å². The molecule has 0 saturated carbocycles. The minimum Gasteiger partial charge on any atom is -0.306 e. The third-order valence-corrected chi connectivity index (χ3v) is 5.41. The van der Waals surface area contributed by atoms with Gasteiger partial charge in [0.15, 0.2) is 0 Å². The van der Waals surface area contributed by atoms with E-state index in [1.54, 1.807) is 0 Å². The van der Waals surface area contributed by atoms with E-state index in [0.29, 0.717) is 12.1 Å². The summed E-state index contributed by atoms with van der Waals surface area (Å²) in [5.41, 5.74) is 1.37. The van der Waals surface area contributed by atoms with Crippen LogP contribution in [-0.4, -0.2) is 30.1 Å². The van der Waals surface area contributed by atoms with E-state index in [9.17, 15) is 0 Å². The second kappa shape index (κ2) is 5.94. The predicted octanol–water partition coefficient (Wildman–Crippen LogP) is 3.73. The first-order valence-electron chi connectivity index (χ1n) is 7.50. The molecular formula is C16H23BrN2. The Balaban J connectivity index is 1.67. The number of benzene rings is 1. The average molecular weight is 323 g/mol. The Morgan fingerprint density at radius 3 is 2.89 bits per heavy atom. The van der Waals surface area contributed by atoms with Crippen molar-refractivity contribution >= 4 is 15.9 Å². The average Bonchev–Trinajstić information content (AvgIpc) is 2.83. The van der Waals surface area contributed by atoms with Gasteiger partial charge in [0.05, 0.1) is 0 Å². The zero-order valence-corrected chi connectivity index (χ0v) is 13.2. The molecule has 2 unspecified atom stereocenters. The van der Waals surface area contributed by atoms with E-state index in [1.807, 2.05) is 0 Å². The quantitative estimate of drug-likeness (QED) is 0.912. The molecule has 2 saturated heterocycles. The van der Waals surface area contributed by atoms with Crippen molar-refractivity contribution in [3.8, 4) is 0 Å². The second-order valence-corrected chi connectivity index (χ2v) is 6.76. The smallest absolute Gasteiger partial charge is 0.0306 e. The topological polar surface area (TPSA) is 15.3 Å². The minimum atomic E-state index is 0.419. The van der Waals surface area contributed by atoms with Crippen LogP contribution in [0.4, 0.5) is 0 Å². The van der Waals surface area contributed by atoms with Gasteiger partial charge in [0, 0.05) is 29.1 Å². The second-order valence-electron chi connectivity index (χ2n) is 5.90. The molecule has 1 N–H and O–H groups in total. The molecule has 0 spiro atoms. The third kappa shape index (κ3) is 2.88. The minimum absolute atomic E-state index is 0.419. The van der Waals surface area contributed by atoms with Crippen LogP contribution < -0.4 is 5.32 Å². The highest BCUT2D eigenvalue weighted by molar-refractivity contribution is 9.10. The highest BCUT2D eigenvalue weighted by Gasteiger charge is 2.35. The maximum atomic E-state index is 3.86. The molecule has 0 aliphatic carbocycles. The molecule has 1 aromatic rings. The van der Waals surface area contributed by atoms with Gasteiger partial charge in [-0.05, 0) is 44.4 Å². The Labute approximate surface area is 124 Å². The molecule has 0 amide bonds. The standard InChI is InChI=1S/C16H23BrN2/c1-12(13-6-2-3-7-14(13)17)18-15-9-11-19-10-5-4-8-16(15)19/h2-3,6-7,12,15-16,18H,4-5,8-11H2,1H3/t12-,15?,16?/m1/s1. The molecule has 0 aromatic heterocycles. The molecule has 3 heteroatoms. The fraction of sp³-hybridized carbons (Fsp3) is 0.625. The lowest BCUT2D eigenvalue weighted by Crippen LogP contribution is -2.45. The molecular weight excluding hydrogens is 300 g/mol. The molecule has 1 aromatic carbocycles. The summed E-state index contributed by atoms with van der Waals surface area (Å²) in [7, 11) is 0. The number of hydrogen-bond acceptors (Lipinski definition) is 2. The normalized spacial score (nSPS) is 29.2. The van der Waals surface area contributed by atoms with E-state index < -0.39 is 0 Å². The van der Waals surface area contributed by atoms with Crippen molar-refractivity contribution in [3.05, 3.63) is 34.3 Å². The fourth-order valence-electron chi connectivity index (χ4n) is 3.68. The van der Waals surface area contributed by atoms with Gasteiger partial charge in [0.25, 0.3) is 0 Å². The number of piperidine rings is 1. The van der Waals surface area contributed by atoms with E-state index in [2.05, 4.69) is 57.3 Å². The molecule has 104 valence electrons. The maximum Gasteiger partial charge on any atom is 0.0306 e. The predicted molar refractivity (Wildman–Crippen MR) is 83.3 cm³/mol. The summed E-state index contributed by atoms with van der Waals surface area (Å²) in [6.07, 6.45) is 5.48. The van der Waals surface area contributed by atoms with Gasteiger partial charge >= 0.3 is 0 Å². The van der Waals surface area contributed by atoms with Gasteiger partial charge in [-0.3, -0.25) is 4.90 Å². The van der Waals surface area contributed by atoms with Crippen molar-refractivity contribution in [3.63, 3.8) is 0 Å².